The van der Waals surface area contributed by atoms with Gasteiger partial charge in [-0.15, -0.1) is 0 Å². The van der Waals surface area contributed by atoms with Gasteiger partial charge in [-0.25, -0.2) is 4.79 Å². The second-order valence-electron chi connectivity index (χ2n) is 8.48. The zero-order chi connectivity index (χ0) is 20.8. The summed E-state index contributed by atoms with van der Waals surface area (Å²) in [5.41, 5.74) is 3.05. The molecule has 0 amide bonds. The lowest BCUT2D eigenvalue weighted by molar-refractivity contribution is -0.140. The Morgan fingerprint density at radius 3 is 1.93 bits per heavy atom. The summed E-state index contributed by atoms with van der Waals surface area (Å²) in [6.07, 6.45) is 1.85. The van der Waals surface area contributed by atoms with E-state index in [0.717, 1.165) is 29.5 Å². The zero-order valence-corrected chi connectivity index (χ0v) is 18.1. The molecule has 0 radical (unpaired) electrons. The van der Waals surface area contributed by atoms with Gasteiger partial charge in [-0.1, -0.05) is 48.1 Å². The Labute approximate surface area is 164 Å². The number of rotatable bonds is 10. The van der Waals surface area contributed by atoms with Crippen molar-refractivity contribution in [2.45, 2.75) is 78.7 Å². The van der Waals surface area contributed by atoms with Gasteiger partial charge in [-0.2, -0.15) is 0 Å². The standard InChI is InChI=1S/C23H36O4/c1-9-22(5,6)18-13-17(14-19(20(18)24)23(7,8)10-2)15-26-11-12-27-21(25)16(3)4/h13-14,24H,3,9-12,15H2,1-2,4-8H3. The maximum Gasteiger partial charge on any atom is 0.333 e. The van der Waals surface area contributed by atoms with Gasteiger partial charge >= 0.3 is 5.97 Å². The van der Waals surface area contributed by atoms with E-state index in [2.05, 4.69) is 48.1 Å². The Morgan fingerprint density at radius 2 is 1.52 bits per heavy atom. The fraction of sp³-hybridized carbons (Fsp3) is 0.609. The maximum absolute atomic E-state index is 11.4. The molecule has 27 heavy (non-hydrogen) atoms. The molecule has 0 aliphatic heterocycles. The Morgan fingerprint density at radius 1 is 1.04 bits per heavy atom. The van der Waals surface area contributed by atoms with Crippen molar-refractivity contribution in [1.82, 2.24) is 0 Å². The first kappa shape index (κ1) is 23.2. The fourth-order valence-electron chi connectivity index (χ4n) is 2.70. The van der Waals surface area contributed by atoms with Gasteiger partial charge in [0.15, 0.2) is 0 Å². The molecule has 0 fully saturated rings. The largest absolute Gasteiger partial charge is 0.507 e. The molecule has 152 valence electrons. The third-order valence-corrected chi connectivity index (χ3v) is 5.47. The van der Waals surface area contributed by atoms with Crippen LogP contribution in [-0.2, 0) is 31.7 Å². The number of carbonyl (C=O) groups excluding carboxylic acids is 1. The van der Waals surface area contributed by atoms with Crippen molar-refractivity contribution in [3.63, 3.8) is 0 Å². The summed E-state index contributed by atoms with van der Waals surface area (Å²) in [4.78, 5) is 11.4. The number of hydrogen-bond acceptors (Lipinski definition) is 4. The predicted octanol–water partition coefficient (Wildman–Crippen LogP) is 5.40. The summed E-state index contributed by atoms with van der Waals surface area (Å²) in [5, 5.41) is 11.0. The van der Waals surface area contributed by atoms with Gasteiger partial charge in [0, 0.05) is 16.7 Å². The molecule has 1 aromatic carbocycles. The van der Waals surface area contributed by atoms with Gasteiger partial charge < -0.3 is 14.6 Å². The molecule has 0 aliphatic rings. The maximum atomic E-state index is 11.4. The molecule has 0 aliphatic carbocycles. The quantitative estimate of drug-likeness (QED) is 0.337. The minimum absolute atomic E-state index is 0.129. The first-order chi connectivity index (χ1) is 12.5. The molecule has 0 unspecified atom stereocenters. The molecule has 0 saturated heterocycles. The average Bonchev–Trinajstić information content (AvgIpc) is 2.61. The van der Waals surface area contributed by atoms with E-state index in [0.29, 0.717) is 24.5 Å². The number of phenolic OH excluding ortho intramolecular Hbond substituents is 1. The lowest BCUT2D eigenvalue weighted by atomic mass is 9.75. The van der Waals surface area contributed by atoms with Crippen molar-refractivity contribution >= 4 is 5.97 Å². The van der Waals surface area contributed by atoms with Crippen LogP contribution in [0.2, 0.25) is 0 Å². The molecular weight excluding hydrogens is 340 g/mol. The van der Waals surface area contributed by atoms with Gasteiger partial charge in [0.2, 0.25) is 0 Å². The SMILES string of the molecule is C=C(C)C(=O)OCCOCc1cc(C(C)(C)CC)c(O)c(C(C)(C)CC)c1. The van der Waals surface area contributed by atoms with E-state index in [1.807, 2.05) is 12.1 Å². The molecule has 0 spiro atoms. The summed E-state index contributed by atoms with van der Waals surface area (Å²) >= 11 is 0. The van der Waals surface area contributed by atoms with E-state index in [9.17, 15) is 9.90 Å². The van der Waals surface area contributed by atoms with E-state index in [4.69, 9.17) is 9.47 Å². The highest BCUT2D eigenvalue weighted by molar-refractivity contribution is 5.86. The Hall–Kier alpha value is -1.81. The van der Waals surface area contributed by atoms with Crippen LogP contribution in [0.3, 0.4) is 0 Å². The summed E-state index contributed by atoms with van der Waals surface area (Å²) in [5.74, 6) is -0.00460. The summed E-state index contributed by atoms with van der Waals surface area (Å²) in [7, 11) is 0. The highest BCUT2D eigenvalue weighted by Gasteiger charge is 2.29. The number of ether oxygens (including phenoxy) is 2. The van der Waals surface area contributed by atoms with Crippen LogP contribution in [0.4, 0.5) is 0 Å². The topological polar surface area (TPSA) is 55.8 Å². The minimum atomic E-state index is -0.401. The van der Waals surface area contributed by atoms with Crippen molar-refractivity contribution < 1.29 is 19.4 Å². The molecule has 1 N–H and O–H groups in total. The Balaban J connectivity index is 3.00. The van der Waals surface area contributed by atoms with E-state index in [1.54, 1.807) is 6.92 Å². The van der Waals surface area contributed by atoms with E-state index in [-0.39, 0.29) is 17.4 Å². The van der Waals surface area contributed by atoms with Gasteiger partial charge in [0.25, 0.3) is 0 Å². The smallest absolute Gasteiger partial charge is 0.333 e. The molecule has 4 heteroatoms. The lowest BCUT2D eigenvalue weighted by Gasteiger charge is -2.31. The Bertz CT molecular complexity index is 634. The molecular formula is C23H36O4. The summed E-state index contributed by atoms with van der Waals surface area (Å²) in [6.45, 7) is 18.9. The zero-order valence-electron chi connectivity index (χ0n) is 18.1. The van der Waals surface area contributed by atoms with Gasteiger partial charge in [-0.3, -0.25) is 0 Å². The summed E-state index contributed by atoms with van der Waals surface area (Å²) < 4.78 is 10.8. The first-order valence-corrected chi connectivity index (χ1v) is 9.73. The van der Waals surface area contributed by atoms with Crippen molar-refractivity contribution in [3.05, 3.63) is 41.0 Å². The highest BCUT2D eigenvalue weighted by Crippen LogP contribution is 2.42. The number of carbonyl (C=O) groups is 1. The van der Waals surface area contributed by atoms with Crippen LogP contribution >= 0.6 is 0 Å². The third kappa shape index (κ3) is 6.10. The fourth-order valence-corrected chi connectivity index (χ4v) is 2.70. The van der Waals surface area contributed by atoms with Crippen LogP contribution in [0.1, 0.15) is 78.0 Å². The molecule has 0 heterocycles. The van der Waals surface area contributed by atoms with Crippen LogP contribution in [-0.4, -0.2) is 24.3 Å². The van der Waals surface area contributed by atoms with E-state index in [1.165, 1.54) is 0 Å². The van der Waals surface area contributed by atoms with Crippen LogP contribution in [0, 0.1) is 0 Å². The first-order valence-electron chi connectivity index (χ1n) is 9.73. The second kappa shape index (κ2) is 9.41. The number of phenols is 1. The van der Waals surface area contributed by atoms with Crippen LogP contribution < -0.4 is 0 Å². The third-order valence-electron chi connectivity index (χ3n) is 5.47. The number of esters is 1. The van der Waals surface area contributed by atoms with Crippen LogP contribution in [0.25, 0.3) is 0 Å². The average molecular weight is 377 g/mol. The highest BCUT2D eigenvalue weighted by atomic mass is 16.6. The van der Waals surface area contributed by atoms with Crippen molar-refractivity contribution in [1.29, 1.82) is 0 Å². The van der Waals surface area contributed by atoms with E-state index >= 15 is 0 Å². The Kier molecular flexibility index (Phi) is 8.09. The van der Waals surface area contributed by atoms with Gasteiger partial charge in [0.05, 0.1) is 13.2 Å². The minimum Gasteiger partial charge on any atom is -0.507 e. The normalized spacial score (nSPS) is 12.1. The molecule has 1 aromatic rings. The molecule has 4 nitrogen and oxygen atoms in total. The van der Waals surface area contributed by atoms with E-state index < -0.39 is 5.97 Å². The van der Waals surface area contributed by atoms with Crippen molar-refractivity contribution in [2.75, 3.05) is 13.2 Å². The molecule has 0 aromatic heterocycles. The predicted molar refractivity (Wildman–Crippen MR) is 110 cm³/mol. The van der Waals surface area contributed by atoms with Crippen molar-refractivity contribution in [3.8, 4) is 5.75 Å². The van der Waals surface area contributed by atoms with Crippen LogP contribution in [0.5, 0.6) is 5.75 Å². The summed E-state index contributed by atoms with van der Waals surface area (Å²) in [6, 6.07) is 4.07. The number of aromatic hydroxyl groups is 1. The lowest BCUT2D eigenvalue weighted by Crippen LogP contribution is -2.21. The second-order valence-corrected chi connectivity index (χ2v) is 8.48. The van der Waals surface area contributed by atoms with Crippen LogP contribution in [0.15, 0.2) is 24.3 Å². The van der Waals surface area contributed by atoms with Gasteiger partial charge in [0.1, 0.15) is 12.4 Å². The molecule has 0 atom stereocenters. The van der Waals surface area contributed by atoms with Crippen molar-refractivity contribution in [2.24, 2.45) is 0 Å². The number of benzene rings is 1. The van der Waals surface area contributed by atoms with Gasteiger partial charge in [-0.05, 0) is 48.3 Å². The molecule has 0 bridgehead atoms. The number of hydrogen-bond donors (Lipinski definition) is 1. The molecule has 0 saturated carbocycles. The molecule has 1 rings (SSSR count). The monoisotopic (exact) mass is 376 g/mol.